The fraction of sp³-hybridized carbons (Fsp3) is 0.161. The monoisotopic (exact) mass is 448 g/mol. The van der Waals surface area contributed by atoms with Crippen molar-refractivity contribution in [1.82, 2.24) is 5.43 Å². The summed E-state index contributed by atoms with van der Waals surface area (Å²) in [5.74, 6) is 7.00. The Balaban J connectivity index is 1.71. The van der Waals surface area contributed by atoms with E-state index in [-0.39, 0.29) is 5.41 Å². The van der Waals surface area contributed by atoms with Crippen LogP contribution in [0, 0.1) is 6.92 Å². The minimum atomic E-state index is -0.153. The number of benzene rings is 3. The Hall–Kier alpha value is -3.82. The second-order valence-corrected chi connectivity index (χ2v) is 9.23. The summed E-state index contributed by atoms with van der Waals surface area (Å²) in [4.78, 5) is 0. The summed E-state index contributed by atoms with van der Waals surface area (Å²) in [5, 5.41) is 0. The zero-order chi connectivity index (χ0) is 24.3. The van der Waals surface area contributed by atoms with Crippen molar-refractivity contribution in [3.8, 4) is 5.75 Å². The fourth-order valence-electron chi connectivity index (χ4n) is 4.47. The van der Waals surface area contributed by atoms with E-state index in [9.17, 15) is 0 Å². The van der Waals surface area contributed by atoms with Crippen LogP contribution in [0.1, 0.15) is 47.2 Å². The van der Waals surface area contributed by atoms with Gasteiger partial charge in [-0.2, -0.15) is 0 Å². The van der Waals surface area contributed by atoms with Gasteiger partial charge >= 0.3 is 0 Å². The Morgan fingerprint density at radius 3 is 2.56 bits per heavy atom. The van der Waals surface area contributed by atoms with Crippen LogP contribution in [-0.2, 0) is 11.8 Å². The first-order chi connectivity index (χ1) is 16.3. The molecule has 1 aliphatic rings. The number of allylic oxidation sites excluding steroid dienone is 4. The minimum absolute atomic E-state index is 0.153. The summed E-state index contributed by atoms with van der Waals surface area (Å²) < 4.78 is 6.23. The molecule has 3 nitrogen and oxygen atoms in total. The van der Waals surface area contributed by atoms with E-state index in [1.54, 1.807) is 0 Å². The molecule has 3 aromatic carbocycles. The van der Waals surface area contributed by atoms with E-state index in [2.05, 4.69) is 100 Å². The number of hydrogen-bond acceptors (Lipinski definition) is 3. The number of ether oxygens (including phenoxy) is 1. The van der Waals surface area contributed by atoms with Gasteiger partial charge in [0.05, 0.1) is 0 Å². The number of aryl methyl sites for hydroxylation is 1. The molecule has 4 rings (SSSR count). The van der Waals surface area contributed by atoms with E-state index >= 15 is 0 Å². The topological polar surface area (TPSA) is 47.3 Å². The summed E-state index contributed by atoms with van der Waals surface area (Å²) in [6, 6.07) is 23.3. The molecule has 0 radical (unpaired) electrons. The van der Waals surface area contributed by atoms with Crippen molar-refractivity contribution >= 4 is 11.3 Å². The molecule has 0 saturated heterocycles. The molecule has 0 amide bonds. The van der Waals surface area contributed by atoms with Crippen LogP contribution in [0.5, 0.6) is 5.75 Å². The molecule has 0 aromatic heterocycles. The normalized spacial score (nSPS) is 16.1. The number of nitrogens with one attached hydrogen (secondary N) is 1. The smallest absolute Gasteiger partial charge is 0.131 e. The van der Waals surface area contributed by atoms with E-state index < -0.39 is 0 Å². The summed E-state index contributed by atoms with van der Waals surface area (Å²) in [5.41, 5.74) is 11.2. The van der Waals surface area contributed by atoms with Gasteiger partial charge in [-0.1, -0.05) is 93.8 Å². The van der Waals surface area contributed by atoms with Crippen molar-refractivity contribution in [2.24, 2.45) is 5.84 Å². The Bertz CT molecular complexity index is 1310. The quantitative estimate of drug-likeness (QED) is 0.332. The van der Waals surface area contributed by atoms with Crippen molar-refractivity contribution < 1.29 is 4.74 Å². The second-order valence-electron chi connectivity index (χ2n) is 9.23. The van der Waals surface area contributed by atoms with Crippen molar-refractivity contribution in [1.29, 1.82) is 0 Å². The predicted octanol–water partition coefficient (Wildman–Crippen LogP) is 6.84. The van der Waals surface area contributed by atoms with Crippen molar-refractivity contribution in [3.63, 3.8) is 0 Å². The van der Waals surface area contributed by atoms with Gasteiger partial charge in [-0.25, -0.2) is 0 Å². The first kappa shape index (κ1) is 23.3. The molecule has 172 valence electrons. The Morgan fingerprint density at radius 2 is 1.79 bits per heavy atom. The van der Waals surface area contributed by atoms with Crippen LogP contribution >= 0.6 is 0 Å². The lowest BCUT2D eigenvalue weighted by Crippen LogP contribution is -2.20. The van der Waals surface area contributed by atoms with Gasteiger partial charge in [0.2, 0.25) is 0 Å². The van der Waals surface area contributed by atoms with E-state index in [0.717, 1.165) is 34.4 Å². The first-order valence-corrected chi connectivity index (χ1v) is 11.5. The lowest BCUT2D eigenvalue weighted by Gasteiger charge is -2.29. The predicted molar refractivity (Wildman–Crippen MR) is 143 cm³/mol. The average Bonchev–Trinajstić information content (AvgIpc) is 2.92. The highest BCUT2D eigenvalue weighted by molar-refractivity contribution is 5.77. The largest absolute Gasteiger partial charge is 0.458 e. The molecule has 34 heavy (non-hydrogen) atoms. The summed E-state index contributed by atoms with van der Waals surface area (Å²) in [6.07, 6.45) is 6.93. The number of nitrogens with two attached hydrogens (primary N) is 1. The Morgan fingerprint density at radius 1 is 1.00 bits per heavy atom. The minimum Gasteiger partial charge on any atom is -0.458 e. The Kier molecular flexibility index (Phi) is 6.58. The van der Waals surface area contributed by atoms with Crippen LogP contribution in [0.3, 0.4) is 0 Å². The molecule has 3 N–H and O–H groups in total. The molecule has 0 fully saturated rings. The number of hydrogen-bond donors (Lipinski definition) is 2. The highest BCUT2D eigenvalue weighted by Gasteiger charge is 2.26. The lowest BCUT2D eigenvalue weighted by molar-refractivity contribution is 0.440. The Labute approximate surface area is 202 Å². The number of hydrazine groups is 1. The molecule has 1 aliphatic heterocycles. The highest BCUT2D eigenvalue weighted by Crippen LogP contribution is 2.37. The number of rotatable bonds is 5. The second kappa shape index (κ2) is 9.58. The highest BCUT2D eigenvalue weighted by atomic mass is 16.5. The van der Waals surface area contributed by atoms with E-state index in [4.69, 9.17) is 10.6 Å². The summed E-state index contributed by atoms with van der Waals surface area (Å²) in [6.45, 7) is 14.8. The van der Waals surface area contributed by atoms with E-state index in [1.165, 1.54) is 16.7 Å². The van der Waals surface area contributed by atoms with Crippen LogP contribution in [0.2, 0.25) is 0 Å². The van der Waals surface area contributed by atoms with Crippen molar-refractivity contribution in [2.75, 3.05) is 0 Å². The van der Waals surface area contributed by atoms with Gasteiger partial charge in [0.25, 0.3) is 0 Å². The van der Waals surface area contributed by atoms with Gasteiger partial charge in [-0.15, -0.1) is 0 Å². The standard InChI is InChI=1S/C31H32N2O/c1-21-9-6-7-12-29(21)31(4,5)28-18-17-25-16-15-24(14-13-22(2)34-30(25)20-28)27-11-8-10-26(19-27)23(3)33-32/h6-15,17-20,33H,2-3,16,32H2,1,4-5H3/b14-13-,24-15+. The molecular weight excluding hydrogens is 416 g/mol. The van der Waals surface area contributed by atoms with Gasteiger partial charge in [-0.3, -0.25) is 5.84 Å². The molecule has 0 aliphatic carbocycles. The molecule has 3 heteroatoms. The molecule has 0 saturated carbocycles. The summed E-state index contributed by atoms with van der Waals surface area (Å²) >= 11 is 0. The molecular formula is C31H32N2O. The summed E-state index contributed by atoms with van der Waals surface area (Å²) in [7, 11) is 0. The van der Waals surface area contributed by atoms with Gasteiger partial charge < -0.3 is 10.2 Å². The molecule has 0 atom stereocenters. The third-order valence-corrected chi connectivity index (χ3v) is 6.56. The van der Waals surface area contributed by atoms with Crippen LogP contribution in [-0.4, -0.2) is 0 Å². The lowest BCUT2D eigenvalue weighted by atomic mass is 9.76. The van der Waals surface area contributed by atoms with Crippen molar-refractivity contribution in [2.45, 2.75) is 32.6 Å². The first-order valence-electron chi connectivity index (χ1n) is 11.5. The average molecular weight is 449 g/mol. The third kappa shape index (κ3) is 4.75. The van der Waals surface area contributed by atoms with Gasteiger partial charge in [0.1, 0.15) is 11.5 Å². The van der Waals surface area contributed by atoms with Crippen LogP contribution in [0.25, 0.3) is 11.3 Å². The zero-order valence-electron chi connectivity index (χ0n) is 20.2. The zero-order valence-corrected chi connectivity index (χ0v) is 20.2. The molecule has 3 aromatic rings. The maximum atomic E-state index is 6.23. The van der Waals surface area contributed by atoms with E-state index in [0.29, 0.717) is 11.5 Å². The van der Waals surface area contributed by atoms with Gasteiger partial charge in [-0.05, 0) is 70.5 Å². The molecule has 0 bridgehead atoms. The third-order valence-electron chi connectivity index (χ3n) is 6.56. The fourth-order valence-corrected chi connectivity index (χ4v) is 4.47. The van der Waals surface area contributed by atoms with E-state index in [1.807, 2.05) is 24.3 Å². The van der Waals surface area contributed by atoms with Crippen molar-refractivity contribution in [3.05, 3.63) is 137 Å². The molecule has 0 unspecified atom stereocenters. The van der Waals surface area contributed by atoms with Gasteiger partial charge in [0, 0.05) is 11.1 Å². The van der Waals surface area contributed by atoms with Gasteiger partial charge in [0.15, 0.2) is 0 Å². The SMILES string of the molecule is C=C1/C=C\C(c2cccc(C(=C)NN)c2)=C/Cc2ccc(C(C)(C)c3ccccc3C)cc2O1. The maximum Gasteiger partial charge on any atom is 0.131 e. The van der Waals surface area contributed by atoms with Crippen LogP contribution in [0.4, 0.5) is 0 Å². The number of fused-ring (bicyclic) bond motifs is 1. The molecule has 1 heterocycles. The molecule has 0 spiro atoms. The van der Waals surface area contributed by atoms with Crippen LogP contribution < -0.4 is 16.0 Å². The van der Waals surface area contributed by atoms with Crippen LogP contribution in [0.15, 0.2) is 104 Å². The maximum absolute atomic E-state index is 6.23.